The van der Waals surface area contributed by atoms with E-state index in [1.807, 2.05) is 42.5 Å². The van der Waals surface area contributed by atoms with E-state index in [-0.39, 0.29) is 0 Å². The van der Waals surface area contributed by atoms with Gasteiger partial charge in [-0.3, -0.25) is 20.5 Å². The lowest BCUT2D eigenvalue weighted by molar-refractivity contribution is 0.0624. The van der Waals surface area contributed by atoms with Gasteiger partial charge in [-0.2, -0.15) is 0 Å². The normalized spacial score (nSPS) is 11.7. The molecule has 3 aromatic heterocycles. The zero-order valence-electron chi connectivity index (χ0n) is 22.8. The highest BCUT2D eigenvalue weighted by molar-refractivity contribution is 5.84. The number of nitrogens with one attached hydrogen (secondary N) is 2. The number of carbonyl (C=O) groups excluding carboxylic acids is 2. The molecule has 0 unspecified atom stereocenters. The van der Waals surface area contributed by atoms with E-state index >= 15 is 0 Å². The van der Waals surface area contributed by atoms with Crippen molar-refractivity contribution in [3.05, 3.63) is 77.9 Å². The summed E-state index contributed by atoms with van der Waals surface area (Å²) in [6, 6.07) is 16.6. The van der Waals surface area contributed by atoms with Crippen LogP contribution in [-0.4, -0.2) is 43.2 Å². The Labute approximate surface area is 223 Å². The van der Waals surface area contributed by atoms with E-state index < -0.39 is 23.4 Å². The molecule has 0 aromatic carbocycles. The quantitative estimate of drug-likeness (QED) is 0.384. The molecule has 3 heterocycles. The number of hydrogen-bond donors (Lipinski definition) is 2. The lowest BCUT2D eigenvalue weighted by atomic mass is 10.2. The molecule has 0 saturated heterocycles. The average molecular weight is 521 g/mol. The molecule has 0 saturated carbocycles. The van der Waals surface area contributed by atoms with Gasteiger partial charge in [-0.1, -0.05) is 18.2 Å². The fourth-order valence-corrected chi connectivity index (χ4v) is 3.44. The number of aromatic nitrogens is 3. The molecule has 38 heavy (non-hydrogen) atoms. The summed E-state index contributed by atoms with van der Waals surface area (Å²) in [6.45, 7) is 12.3. The van der Waals surface area contributed by atoms with Crippen molar-refractivity contribution in [1.82, 2.24) is 19.9 Å². The van der Waals surface area contributed by atoms with Gasteiger partial charge in [0.05, 0.1) is 17.1 Å². The number of amides is 2. The van der Waals surface area contributed by atoms with Crippen LogP contribution in [0.2, 0.25) is 0 Å². The standard InChI is InChI=1S/C28H36N6O4/c1-27(2,3)37-25(35)32-23-14-9-12-21(30-23)18-34(17-20-11-7-8-16-29-20)19-22-13-10-15-24(31-22)33-26(36)38-28(4,5)6/h7-16H,17-19H2,1-6H3,(H,30,32,35)(H,31,33,36). The third-order valence-corrected chi connectivity index (χ3v) is 4.75. The summed E-state index contributed by atoms with van der Waals surface area (Å²) in [5, 5.41) is 5.37. The molecule has 2 N–H and O–H groups in total. The van der Waals surface area contributed by atoms with Gasteiger partial charge in [0, 0.05) is 25.8 Å². The molecular formula is C28H36N6O4. The van der Waals surface area contributed by atoms with Crippen LogP contribution in [0.15, 0.2) is 60.8 Å². The molecule has 3 aromatic rings. The van der Waals surface area contributed by atoms with Gasteiger partial charge in [0.1, 0.15) is 22.8 Å². The molecule has 0 atom stereocenters. The smallest absolute Gasteiger partial charge is 0.413 e. The van der Waals surface area contributed by atoms with Crippen LogP contribution in [0.5, 0.6) is 0 Å². The van der Waals surface area contributed by atoms with E-state index in [0.717, 1.165) is 17.1 Å². The van der Waals surface area contributed by atoms with E-state index in [4.69, 9.17) is 9.47 Å². The molecule has 0 bridgehead atoms. The van der Waals surface area contributed by atoms with E-state index in [1.165, 1.54) is 0 Å². The first kappa shape index (κ1) is 28.5. The Hall–Kier alpha value is -4.05. The number of ether oxygens (including phenoxy) is 2. The third-order valence-electron chi connectivity index (χ3n) is 4.75. The maximum Gasteiger partial charge on any atom is 0.413 e. The maximum atomic E-state index is 12.2. The highest BCUT2D eigenvalue weighted by atomic mass is 16.6. The third kappa shape index (κ3) is 10.5. The van der Waals surface area contributed by atoms with Gasteiger partial charge in [-0.25, -0.2) is 19.6 Å². The van der Waals surface area contributed by atoms with Crippen LogP contribution in [0.3, 0.4) is 0 Å². The zero-order valence-corrected chi connectivity index (χ0v) is 22.8. The number of hydrogen-bond acceptors (Lipinski definition) is 8. The van der Waals surface area contributed by atoms with E-state index in [9.17, 15) is 9.59 Å². The van der Waals surface area contributed by atoms with Crippen LogP contribution >= 0.6 is 0 Å². The first-order valence-corrected chi connectivity index (χ1v) is 12.4. The van der Waals surface area contributed by atoms with Crippen LogP contribution in [0, 0.1) is 0 Å². The summed E-state index contributed by atoms with van der Waals surface area (Å²) in [5.74, 6) is 0.799. The molecule has 0 radical (unpaired) electrons. The second-order valence-electron chi connectivity index (χ2n) is 10.7. The molecule has 0 aliphatic rings. The van der Waals surface area contributed by atoms with Crippen molar-refractivity contribution in [2.45, 2.75) is 72.4 Å². The lowest BCUT2D eigenvalue weighted by Crippen LogP contribution is -2.28. The first-order valence-electron chi connectivity index (χ1n) is 12.4. The molecule has 2 amide bonds. The molecule has 10 heteroatoms. The van der Waals surface area contributed by atoms with Gasteiger partial charge in [-0.05, 0) is 77.9 Å². The van der Waals surface area contributed by atoms with Gasteiger partial charge in [-0.15, -0.1) is 0 Å². The van der Waals surface area contributed by atoms with Gasteiger partial charge < -0.3 is 9.47 Å². The number of anilines is 2. The topological polar surface area (TPSA) is 119 Å². The fourth-order valence-electron chi connectivity index (χ4n) is 3.44. The van der Waals surface area contributed by atoms with Gasteiger partial charge in [0.25, 0.3) is 0 Å². The largest absolute Gasteiger partial charge is 0.444 e. The highest BCUT2D eigenvalue weighted by Gasteiger charge is 2.18. The van der Waals surface area contributed by atoms with Crippen LogP contribution in [-0.2, 0) is 29.1 Å². The van der Waals surface area contributed by atoms with Crippen LogP contribution in [0.25, 0.3) is 0 Å². The van der Waals surface area contributed by atoms with Gasteiger partial charge >= 0.3 is 12.2 Å². The number of carbonyl (C=O) groups is 2. The van der Waals surface area contributed by atoms with E-state index in [1.54, 1.807) is 59.9 Å². The Morgan fingerprint density at radius 1 is 0.684 bits per heavy atom. The molecule has 202 valence electrons. The number of nitrogens with zero attached hydrogens (tertiary/aromatic N) is 4. The predicted molar refractivity (Wildman–Crippen MR) is 145 cm³/mol. The zero-order chi connectivity index (χ0) is 27.8. The summed E-state index contributed by atoms with van der Waals surface area (Å²) < 4.78 is 10.7. The number of rotatable bonds is 8. The SMILES string of the molecule is CC(C)(C)OC(=O)Nc1cccc(CN(Cc2ccccn2)Cc2cccc(NC(=O)OC(C)(C)C)n2)n1. The Morgan fingerprint density at radius 2 is 1.13 bits per heavy atom. The Kier molecular flexibility index (Phi) is 9.35. The van der Waals surface area contributed by atoms with Crippen molar-refractivity contribution >= 4 is 23.8 Å². The predicted octanol–water partition coefficient (Wildman–Crippen LogP) is 5.77. The lowest BCUT2D eigenvalue weighted by Gasteiger charge is -2.22. The summed E-state index contributed by atoms with van der Waals surface area (Å²) >= 11 is 0. The molecule has 0 fully saturated rings. The van der Waals surface area contributed by atoms with Crippen molar-refractivity contribution in [2.75, 3.05) is 10.6 Å². The summed E-state index contributed by atoms with van der Waals surface area (Å²) in [5.41, 5.74) is 1.16. The molecule has 10 nitrogen and oxygen atoms in total. The monoisotopic (exact) mass is 520 g/mol. The minimum absolute atomic E-state index is 0.399. The van der Waals surface area contributed by atoms with E-state index in [0.29, 0.717) is 31.3 Å². The van der Waals surface area contributed by atoms with Crippen LogP contribution < -0.4 is 10.6 Å². The highest BCUT2D eigenvalue weighted by Crippen LogP contribution is 2.16. The van der Waals surface area contributed by atoms with E-state index in [2.05, 4.69) is 30.5 Å². The molecule has 0 aliphatic carbocycles. The van der Waals surface area contributed by atoms with Crippen molar-refractivity contribution < 1.29 is 19.1 Å². The minimum Gasteiger partial charge on any atom is -0.444 e. The van der Waals surface area contributed by atoms with Gasteiger partial charge in [0.15, 0.2) is 0 Å². The van der Waals surface area contributed by atoms with Crippen molar-refractivity contribution in [1.29, 1.82) is 0 Å². The minimum atomic E-state index is -0.610. The second-order valence-corrected chi connectivity index (χ2v) is 10.7. The van der Waals surface area contributed by atoms with Gasteiger partial charge in [0.2, 0.25) is 0 Å². The molecular weight excluding hydrogens is 484 g/mol. The molecule has 0 spiro atoms. The van der Waals surface area contributed by atoms with Crippen molar-refractivity contribution in [3.63, 3.8) is 0 Å². The Bertz CT molecular complexity index is 1150. The summed E-state index contributed by atoms with van der Waals surface area (Å²) in [6.07, 6.45) is 0.623. The Balaban J connectivity index is 1.75. The summed E-state index contributed by atoms with van der Waals surface area (Å²) in [7, 11) is 0. The van der Waals surface area contributed by atoms with Crippen molar-refractivity contribution in [3.8, 4) is 0 Å². The Morgan fingerprint density at radius 3 is 1.55 bits per heavy atom. The maximum absolute atomic E-state index is 12.2. The first-order chi connectivity index (χ1) is 17.8. The summed E-state index contributed by atoms with van der Waals surface area (Å²) in [4.78, 5) is 40.1. The van der Waals surface area contributed by atoms with Crippen molar-refractivity contribution in [2.24, 2.45) is 0 Å². The van der Waals surface area contributed by atoms with Crippen LogP contribution in [0.4, 0.5) is 21.2 Å². The van der Waals surface area contributed by atoms with Crippen LogP contribution in [0.1, 0.15) is 58.6 Å². The number of pyridine rings is 3. The molecule has 3 rings (SSSR count). The molecule has 0 aliphatic heterocycles. The second kappa shape index (κ2) is 12.5. The average Bonchev–Trinajstić information content (AvgIpc) is 2.77. The fraction of sp³-hybridized carbons (Fsp3) is 0.393.